The van der Waals surface area contributed by atoms with E-state index in [0.29, 0.717) is 52.4 Å². The van der Waals surface area contributed by atoms with Crippen molar-refractivity contribution in [2.45, 2.75) is 26.1 Å². The predicted octanol–water partition coefficient (Wildman–Crippen LogP) is 6.71. The van der Waals surface area contributed by atoms with Crippen molar-refractivity contribution < 1.29 is 25.9 Å². The number of anilines is 2. The van der Waals surface area contributed by atoms with Gasteiger partial charge in [-0.1, -0.05) is 52.5 Å². The molecule has 2 N–H and O–H groups in total. The topological polar surface area (TPSA) is 120 Å². The van der Waals surface area contributed by atoms with Crippen LogP contribution in [0.2, 0.25) is 20.1 Å². The third kappa shape index (κ3) is 6.20. The Morgan fingerprint density at radius 2 is 1.36 bits per heavy atom. The Labute approximate surface area is 246 Å². The second-order valence-electron chi connectivity index (χ2n) is 8.64. The third-order valence-corrected chi connectivity index (χ3v) is 8.84. The van der Waals surface area contributed by atoms with E-state index in [1.54, 1.807) is 41.3 Å². The number of hydrogen-bond acceptors (Lipinski definition) is 6. The molecule has 0 saturated heterocycles. The summed E-state index contributed by atoms with van der Waals surface area (Å²) in [7, 11) is -8.85. The van der Waals surface area contributed by atoms with E-state index in [1.165, 1.54) is 11.0 Å². The van der Waals surface area contributed by atoms with E-state index in [9.17, 15) is 25.9 Å². The van der Waals surface area contributed by atoms with Crippen LogP contribution in [0.15, 0.2) is 42.2 Å². The SMILES string of the molecule is CCN1/C(=C\C=C\c2c(CS(=O)(=O)O)c3cc(Cl)c(Cl)cc3n2CC)N(CS(=O)(=O)O)c2cc(Cl)c(Cl)cc21. The molecule has 0 spiro atoms. The van der Waals surface area contributed by atoms with Crippen LogP contribution in [0, 0.1) is 0 Å². The molecule has 0 fully saturated rings. The fourth-order valence-electron chi connectivity index (χ4n) is 4.68. The summed E-state index contributed by atoms with van der Waals surface area (Å²) in [5.41, 5.74) is 2.44. The lowest BCUT2D eigenvalue weighted by molar-refractivity contribution is 0.480. The first-order chi connectivity index (χ1) is 18.1. The van der Waals surface area contributed by atoms with Crippen LogP contribution in [0.4, 0.5) is 11.4 Å². The third-order valence-electron chi connectivity index (χ3n) is 6.16. The molecule has 1 aliphatic rings. The first kappa shape index (κ1) is 30.0. The molecule has 0 bridgehead atoms. The highest BCUT2D eigenvalue weighted by Gasteiger charge is 2.33. The van der Waals surface area contributed by atoms with Gasteiger partial charge in [0.05, 0.1) is 37.0 Å². The summed E-state index contributed by atoms with van der Waals surface area (Å²) in [6.07, 6.45) is 4.87. The van der Waals surface area contributed by atoms with Crippen LogP contribution in [-0.4, -0.2) is 42.9 Å². The molecule has 15 heteroatoms. The summed E-state index contributed by atoms with van der Waals surface area (Å²) in [4.78, 5) is 3.18. The van der Waals surface area contributed by atoms with E-state index < -0.39 is 31.9 Å². The zero-order valence-electron chi connectivity index (χ0n) is 20.6. The Balaban J connectivity index is 1.90. The highest BCUT2D eigenvalue weighted by molar-refractivity contribution is 7.85. The summed E-state index contributed by atoms with van der Waals surface area (Å²) < 4.78 is 68.7. The van der Waals surface area contributed by atoms with Gasteiger partial charge in [0.1, 0.15) is 11.6 Å². The molecule has 9 nitrogen and oxygen atoms in total. The number of rotatable bonds is 8. The van der Waals surface area contributed by atoms with E-state index in [2.05, 4.69) is 0 Å². The molecule has 0 aliphatic carbocycles. The zero-order valence-corrected chi connectivity index (χ0v) is 25.2. The largest absolute Gasteiger partial charge is 0.341 e. The van der Waals surface area contributed by atoms with Crippen molar-refractivity contribution >= 4 is 95.0 Å². The highest BCUT2D eigenvalue weighted by Crippen LogP contribution is 2.45. The van der Waals surface area contributed by atoms with Crippen LogP contribution in [0.1, 0.15) is 25.1 Å². The molecule has 0 unspecified atom stereocenters. The van der Waals surface area contributed by atoms with Gasteiger partial charge < -0.3 is 14.4 Å². The molecule has 2 heterocycles. The molecular weight excluding hydrogens is 632 g/mol. The van der Waals surface area contributed by atoms with E-state index in [4.69, 9.17) is 46.4 Å². The van der Waals surface area contributed by atoms with Gasteiger partial charge in [0.2, 0.25) is 0 Å². The molecule has 1 aromatic heterocycles. The number of fused-ring (bicyclic) bond motifs is 2. The Morgan fingerprint density at radius 3 is 1.90 bits per heavy atom. The van der Waals surface area contributed by atoms with Gasteiger partial charge in [-0.15, -0.1) is 0 Å². The van der Waals surface area contributed by atoms with Crippen LogP contribution < -0.4 is 9.80 Å². The predicted molar refractivity (Wildman–Crippen MR) is 158 cm³/mol. The number of nitrogens with zero attached hydrogens (tertiary/aromatic N) is 3. The molecule has 0 radical (unpaired) electrons. The first-order valence-electron chi connectivity index (χ1n) is 11.5. The summed E-state index contributed by atoms with van der Waals surface area (Å²) in [6, 6.07) is 6.30. The maximum absolute atomic E-state index is 11.9. The van der Waals surface area contributed by atoms with E-state index in [1.807, 2.05) is 18.4 Å². The minimum absolute atomic E-state index is 0.211. The van der Waals surface area contributed by atoms with Gasteiger partial charge in [0.15, 0.2) is 5.88 Å². The molecule has 0 amide bonds. The van der Waals surface area contributed by atoms with Gasteiger partial charge in [-0.3, -0.25) is 9.11 Å². The summed E-state index contributed by atoms with van der Waals surface area (Å²) >= 11 is 24.9. The van der Waals surface area contributed by atoms with Gasteiger partial charge in [0, 0.05) is 29.7 Å². The molecule has 1 aliphatic heterocycles. The molecule has 0 atom stereocenters. The van der Waals surface area contributed by atoms with Crippen molar-refractivity contribution in [2.75, 3.05) is 22.2 Å². The lowest BCUT2D eigenvalue weighted by atomic mass is 10.1. The number of hydrogen-bond donors (Lipinski definition) is 2. The van der Waals surface area contributed by atoms with E-state index in [0.717, 1.165) is 0 Å². The number of benzene rings is 2. The van der Waals surface area contributed by atoms with Crippen molar-refractivity contribution in [1.82, 2.24) is 4.57 Å². The maximum Gasteiger partial charge on any atom is 0.283 e. The standard InChI is InChI=1S/C24H23Cl4N3O6S2/c1-3-29-20(15(12-38(32,33)34)14-8-16(25)17(26)9-21(14)29)6-5-7-24-30(4-2)22-10-18(27)19(28)11-23(22)31(24)13-39(35,36)37/h5-11H,3-4,12-13H2,1-2H3,(H,32,33,34)(H,35,36,37)/b6-5+,24-7+. The maximum atomic E-state index is 11.9. The van der Waals surface area contributed by atoms with Gasteiger partial charge in [-0.2, -0.15) is 16.8 Å². The lowest BCUT2D eigenvalue weighted by Gasteiger charge is -2.23. The fraction of sp³-hybridized carbons (Fsp3) is 0.250. The Hall–Kier alpha value is -1.96. The van der Waals surface area contributed by atoms with Crippen molar-refractivity contribution in [2.24, 2.45) is 0 Å². The van der Waals surface area contributed by atoms with Crippen molar-refractivity contribution in [3.8, 4) is 0 Å². The number of allylic oxidation sites excluding steroid dienone is 2. The first-order valence-corrected chi connectivity index (χ1v) is 16.2. The molecule has 4 rings (SSSR count). The Kier molecular flexibility index (Phi) is 8.57. The molecule has 210 valence electrons. The van der Waals surface area contributed by atoms with Crippen LogP contribution in [-0.2, 0) is 32.5 Å². The minimum atomic E-state index is -4.44. The van der Waals surface area contributed by atoms with E-state index in [-0.39, 0.29) is 20.1 Å². The quantitative estimate of drug-likeness (QED) is 0.257. The minimum Gasteiger partial charge on any atom is -0.341 e. The molecule has 39 heavy (non-hydrogen) atoms. The van der Waals surface area contributed by atoms with Gasteiger partial charge in [0.25, 0.3) is 20.2 Å². The van der Waals surface area contributed by atoms with Gasteiger partial charge in [-0.05, 0) is 50.3 Å². The van der Waals surface area contributed by atoms with Crippen LogP contribution >= 0.6 is 46.4 Å². The average molecular weight is 655 g/mol. The number of aryl methyl sites for hydroxylation is 1. The van der Waals surface area contributed by atoms with Gasteiger partial charge >= 0.3 is 0 Å². The molecular formula is C24H23Cl4N3O6S2. The number of halogens is 4. The summed E-state index contributed by atoms with van der Waals surface area (Å²) in [5, 5.41) is 1.51. The highest BCUT2D eigenvalue weighted by atomic mass is 35.5. The second kappa shape index (κ2) is 11.1. The van der Waals surface area contributed by atoms with Crippen LogP contribution in [0.25, 0.3) is 17.0 Å². The molecule has 2 aromatic carbocycles. The van der Waals surface area contributed by atoms with Crippen LogP contribution in [0.5, 0.6) is 0 Å². The second-order valence-corrected chi connectivity index (χ2v) is 13.1. The summed E-state index contributed by atoms with van der Waals surface area (Å²) in [5.74, 6) is -1.00. The Morgan fingerprint density at radius 1 is 0.795 bits per heavy atom. The molecule has 0 saturated carbocycles. The normalized spacial score (nSPS) is 15.3. The van der Waals surface area contributed by atoms with Crippen molar-refractivity contribution in [3.63, 3.8) is 0 Å². The molecule has 3 aromatic rings. The fourth-order valence-corrected chi connectivity index (χ4v) is 6.59. The van der Waals surface area contributed by atoms with E-state index >= 15 is 0 Å². The smallest absolute Gasteiger partial charge is 0.283 e. The van der Waals surface area contributed by atoms with Crippen molar-refractivity contribution in [1.29, 1.82) is 0 Å². The van der Waals surface area contributed by atoms with Crippen LogP contribution in [0.3, 0.4) is 0 Å². The monoisotopic (exact) mass is 653 g/mol. The Bertz CT molecular complexity index is 1750. The average Bonchev–Trinajstić information content (AvgIpc) is 3.23. The zero-order chi connectivity index (χ0) is 28.9. The number of aromatic nitrogens is 1. The van der Waals surface area contributed by atoms with Crippen molar-refractivity contribution in [3.05, 3.63) is 73.6 Å². The summed E-state index contributed by atoms with van der Waals surface area (Å²) in [6.45, 7) is 4.58. The van der Waals surface area contributed by atoms with Gasteiger partial charge in [-0.25, -0.2) is 0 Å². The lowest BCUT2D eigenvalue weighted by Crippen LogP contribution is -2.32.